The number of nitrogens with zero attached hydrogens (tertiary/aromatic N) is 2. The molecule has 152 valence electrons. The van der Waals surface area contributed by atoms with Gasteiger partial charge >= 0.3 is 6.18 Å². The Labute approximate surface area is 167 Å². The van der Waals surface area contributed by atoms with Crippen molar-refractivity contribution in [3.05, 3.63) is 53.1 Å². The quantitative estimate of drug-likeness (QED) is 0.669. The SMILES string of the molecule is COc1cc2c3c(c1)[C@H](C)CC(C)(C)N3C(=O)C2=Nc1cccc(C(F)(F)F)c1. The molecular weight excluding hydrogens is 381 g/mol. The number of rotatable bonds is 2. The summed E-state index contributed by atoms with van der Waals surface area (Å²) in [6.07, 6.45) is -3.72. The molecule has 0 aromatic heterocycles. The lowest BCUT2D eigenvalue weighted by molar-refractivity contribution is -0.137. The minimum Gasteiger partial charge on any atom is -0.497 e. The highest BCUT2D eigenvalue weighted by Crippen LogP contribution is 2.50. The van der Waals surface area contributed by atoms with Gasteiger partial charge in [0.2, 0.25) is 0 Å². The van der Waals surface area contributed by atoms with E-state index < -0.39 is 17.3 Å². The Kier molecular flexibility index (Phi) is 4.26. The fourth-order valence-corrected chi connectivity index (χ4v) is 4.39. The third-order valence-corrected chi connectivity index (χ3v) is 5.59. The highest BCUT2D eigenvalue weighted by atomic mass is 19.4. The van der Waals surface area contributed by atoms with Gasteiger partial charge in [-0.1, -0.05) is 13.0 Å². The summed E-state index contributed by atoms with van der Waals surface area (Å²) in [5.74, 6) is 0.492. The number of benzene rings is 2. The van der Waals surface area contributed by atoms with Crippen LogP contribution in [0.15, 0.2) is 41.4 Å². The Morgan fingerprint density at radius 2 is 1.93 bits per heavy atom. The second kappa shape index (κ2) is 6.34. The van der Waals surface area contributed by atoms with E-state index in [9.17, 15) is 18.0 Å². The largest absolute Gasteiger partial charge is 0.497 e. The van der Waals surface area contributed by atoms with Gasteiger partial charge in [0, 0.05) is 11.1 Å². The average molecular weight is 402 g/mol. The maximum atomic E-state index is 13.3. The maximum absolute atomic E-state index is 13.3. The van der Waals surface area contributed by atoms with E-state index in [-0.39, 0.29) is 23.2 Å². The molecule has 0 spiro atoms. The van der Waals surface area contributed by atoms with E-state index in [1.807, 2.05) is 19.9 Å². The van der Waals surface area contributed by atoms with Crippen molar-refractivity contribution in [1.29, 1.82) is 0 Å². The summed E-state index contributed by atoms with van der Waals surface area (Å²) in [6, 6.07) is 8.36. The van der Waals surface area contributed by atoms with Crippen molar-refractivity contribution in [3.63, 3.8) is 0 Å². The van der Waals surface area contributed by atoms with Gasteiger partial charge in [-0.25, -0.2) is 4.99 Å². The van der Waals surface area contributed by atoms with Gasteiger partial charge in [-0.15, -0.1) is 0 Å². The highest BCUT2D eigenvalue weighted by molar-refractivity contribution is 6.55. The summed E-state index contributed by atoms with van der Waals surface area (Å²) in [4.78, 5) is 19.4. The lowest BCUT2D eigenvalue weighted by Gasteiger charge is -2.43. The van der Waals surface area contributed by atoms with Crippen molar-refractivity contribution in [3.8, 4) is 5.75 Å². The van der Waals surface area contributed by atoms with Gasteiger partial charge in [-0.2, -0.15) is 13.2 Å². The van der Waals surface area contributed by atoms with Crippen LogP contribution >= 0.6 is 0 Å². The molecule has 2 aromatic rings. The van der Waals surface area contributed by atoms with Crippen LogP contribution in [-0.2, 0) is 11.0 Å². The zero-order valence-electron chi connectivity index (χ0n) is 16.6. The molecule has 1 atom stereocenters. The first-order valence-electron chi connectivity index (χ1n) is 9.36. The maximum Gasteiger partial charge on any atom is 0.416 e. The number of aliphatic imine (C=N–C) groups is 1. The zero-order valence-corrected chi connectivity index (χ0v) is 16.6. The predicted molar refractivity (Wildman–Crippen MR) is 105 cm³/mol. The van der Waals surface area contributed by atoms with E-state index in [1.165, 1.54) is 12.1 Å². The molecule has 2 heterocycles. The molecule has 0 aliphatic carbocycles. The third-order valence-electron chi connectivity index (χ3n) is 5.59. The van der Waals surface area contributed by atoms with Gasteiger partial charge in [-0.05, 0) is 62.1 Å². The number of ether oxygens (including phenoxy) is 1. The first-order chi connectivity index (χ1) is 13.5. The number of carbonyl (C=O) groups excluding carboxylic acids is 1. The van der Waals surface area contributed by atoms with E-state index in [0.29, 0.717) is 11.3 Å². The molecule has 29 heavy (non-hydrogen) atoms. The highest BCUT2D eigenvalue weighted by Gasteiger charge is 2.48. The van der Waals surface area contributed by atoms with Gasteiger partial charge in [0.1, 0.15) is 11.5 Å². The molecule has 0 saturated carbocycles. The number of hydrogen-bond acceptors (Lipinski definition) is 3. The van der Waals surface area contributed by atoms with Crippen molar-refractivity contribution in [2.24, 2.45) is 4.99 Å². The molecule has 4 rings (SSSR count). The van der Waals surface area contributed by atoms with E-state index >= 15 is 0 Å². The zero-order chi connectivity index (χ0) is 21.1. The topological polar surface area (TPSA) is 41.9 Å². The molecule has 0 radical (unpaired) electrons. The fraction of sp³-hybridized carbons (Fsp3) is 0.364. The van der Waals surface area contributed by atoms with Crippen molar-refractivity contribution < 1.29 is 22.7 Å². The lowest BCUT2D eigenvalue weighted by atomic mass is 9.80. The van der Waals surface area contributed by atoms with Crippen molar-refractivity contribution in [2.45, 2.75) is 44.8 Å². The second-order valence-electron chi connectivity index (χ2n) is 8.18. The standard InChI is InChI=1S/C22H21F3N2O2/c1-12-11-21(2,3)27-19-16(12)9-15(29-4)10-17(19)18(20(27)28)26-14-7-5-6-13(8-14)22(23,24)25/h5-10,12H,11H2,1-4H3/t12-/m1/s1. The Hall–Kier alpha value is -2.83. The van der Waals surface area contributed by atoms with Crippen LogP contribution in [0.25, 0.3) is 0 Å². The van der Waals surface area contributed by atoms with Crippen LogP contribution in [0, 0.1) is 0 Å². The summed E-state index contributed by atoms with van der Waals surface area (Å²) in [5.41, 5.74) is 1.37. The van der Waals surface area contributed by atoms with Gasteiger partial charge in [-0.3, -0.25) is 4.79 Å². The molecule has 2 aromatic carbocycles. The summed E-state index contributed by atoms with van der Waals surface area (Å²) in [7, 11) is 1.55. The van der Waals surface area contributed by atoms with E-state index in [2.05, 4.69) is 11.9 Å². The van der Waals surface area contributed by atoms with Crippen LogP contribution in [0.4, 0.5) is 24.5 Å². The predicted octanol–water partition coefficient (Wildman–Crippen LogP) is 5.47. The Morgan fingerprint density at radius 1 is 1.21 bits per heavy atom. The smallest absolute Gasteiger partial charge is 0.416 e. The monoisotopic (exact) mass is 402 g/mol. The second-order valence-corrected chi connectivity index (χ2v) is 8.18. The number of alkyl halides is 3. The van der Waals surface area contributed by atoms with Gasteiger partial charge < -0.3 is 9.64 Å². The molecule has 2 aliphatic heterocycles. The Balaban J connectivity index is 1.93. The van der Waals surface area contributed by atoms with Crippen LogP contribution in [0.3, 0.4) is 0 Å². The number of anilines is 1. The minimum absolute atomic E-state index is 0.0884. The molecule has 4 nitrogen and oxygen atoms in total. The van der Waals surface area contributed by atoms with Crippen LogP contribution in [-0.4, -0.2) is 24.3 Å². The van der Waals surface area contributed by atoms with Crippen LogP contribution in [0.2, 0.25) is 0 Å². The summed E-state index contributed by atoms with van der Waals surface area (Å²) in [5, 5.41) is 0. The summed E-state index contributed by atoms with van der Waals surface area (Å²) in [6.45, 7) is 6.08. The number of halogens is 3. The molecule has 0 saturated heterocycles. The molecule has 0 N–H and O–H groups in total. The molecule has 7 heteroatoms. The first-order valence-corrected chi connectivity index (χ1v) is 9.36. The van der Waals surface area contributed by atoms with Crippen LogP contribution in [0.5, 0.6) is 5.75 Å². The van der Waals surface area contributed by atoms with Gasteiger partial charge in [0.05, 0.1) is 24.0 Å². The molecule has 2 aliphatic rings. The minimum atomic E-state index is -4.48. The van der Waals surface area contributed by atoms with Crippen LogP contribution < -0.4 is 9.64 Å². The summed E-state index contributed by atoms with van der Waals surface area (Å²) >= 11 is 0. The molecular formula is C22H21F3N2O2. The van der Waals surface area contributed by atoms with Gasteiger partial charge in [0.25, 0.3) is 5.91 Å². The van der Waals surface area contributed by atoms with E-state index in [0.717, 1.165) is 29.8 Å². The Bertz CT molecular complexity index is 1040. The third kappa shape index (κ3) is 3.09. The number of hydrogen-bond donors (Lipinski definition) is 0. The first kappa shape index (κ1) is 19.5. The number of methoxy groups -OCH3 is 1. The van der Waals surface area contributed by atoms with Crippen molar-refractivity contribution in [2.75, 3.05) is 12.0 Å². The lowest BCUT2D eigenvalue weighted by Crippen LogP contribution is -2.50. The molecule has 1 amide bonds. The molecule has 0 unspecified atom stereocenters. The van der Waals surface area contributed by atoms with Crippen LogP contribution in [0.1, 0.15) is 49.8 Å². The van der Waals surface area contributed by atoms with Gasteiger partial charge in [0.15, 0.2) is 0 Å². The van der Waals surface area contributed by atoms with E-state index in [1.54, 1.807) is 18.1 Å². The van der Waals surface area contributed by atoms with Crippen molar-refractivity contribution in [1.82, 2.24) is 0 Å². The Morgan fingerprint density at radius 3 is 2.59 bits per heavy atom. The van der Waals surface area contributed by atoms with Crippen molar-refractivity contribution >= 4 is 23.0 Å². The summed E-state index contributed by atoms with van der Waals surface area (Å²) < 4.78 is 44.6. The molecule has 0 fully saturated rings. The molecule has 0 bridgehead atoms. The normalized spacial score (nSPS) is 21.5. The number of amides is 1. The average Bonchev–Trinajstić information content (AvgIpc) is 2.92. The number of carbonyl (C=O) groups is 1. The fourth-order valence-electron chi connectivity index (χ4n) is 4.39. The van der Waals surface area contributed by atoms with E-state index in [4.69, 9.17) is 4.74 Å².